The van der Waals surface area contributed by atoms with E-state index in [0.29, 0.717) is 24.9 Å². The fourth-order valence-electron chi connectivity index (χ4n) is 1.81. The predicted molar refractivity (Wildman–Crippen MR) is 75.1 cm³/mol. The SMILES string of the molecule is COc1ccnc(N(CCN)Cc2ccccc2)n1. The number of aromatic nitrogens is 2. The first-order valence-electron chi connectivity index (χ1n) is 6.19. The van der Waals surface area contributed by atoms with E-state index in [9.17, 15) is 0 Å². The summed E-state index contributed by atoms with van der Waals surface area (Å²) in [5.74, 6) is 1.19. The predicted octanol–water partition coefficient (Wildman–Crippen LogP) is 1.45. The molecule has 2 rings (SSSR count). The molecule has 0 aliphatic carbocycles. The van der Waals surface area contributed by atoms with Gasteiger partial charge in [-0.3, -0.25) is 0 Å². The first-order valence-corrected chi connectivity index (χ1v) is 6.19. The van der Waals surface area contributed by atoms with Crippen LogP contribution in [0.2, 0.25) is 0 Å². The maximum atomic E-state index is 5.66. The molecule has 0 spiro atoms. The van der Waals surface area contributed by atoms with Gasteiger partial charge in [0.05, 0.1) is 7.11 Å². The zero-order valence-electron chi connectivity index (χ0n) is 11.0. The Morgan fingerprint density at radius 3 is 2.68 bits per heavy atom. The lowest BCUT2D eigenvalue weighted by atomic mass is 10.2. The molecular formula is C14H18N4O. The van der Waals surface area contributed by atoms with Crippen molar-refractivity contribution in [2.24, 2.45) is 5.73 Å². The molecule has 5 nitrogen and oxygen atoms in total. The molecular weight excluding hydrogens is 240 g/mol. The van der Waals surface area contributed by atoms with Gasteiger partial charge in [0.25, 0.3) is 0 Å². The minimum absolute atomic E-state index is 0.549. The lowest BCUT2D eigenvalue weighted by Crippen LogP contribution is -2.30. The van der Waals surface area contributed by atoms with Crippen LogP contribution in [0.1, 0.15) is 5.56 Å². The van der Waals surface area contributed by atoms with Crippen LogP contribution in [-0.2, 0) is 6.54 Å². The number of nitrogens with zero attached hydrogens (tertiary/aromatic N) is 3. The number of ether oxygens (including phenoxy) is 1. The van der Waals surface area contributed by atoms with E-state index in [1.54, 1.807) is 19.4 Å². The molecule has 0 fully saturated rings. The molecule has 0 atom stereocenters. The molecule has 100 valence electrons. The van der Waals surface area contributed by atoms with Crippen LogP contribution in [0.25, 0.3) is 0 Å². The van der Waals surface area contributed by atoms with Crippen LogP contribution in [0.15, 0.2) is 42.6 Å². The lowest BCUT2D eigenvalue weighted by Gasteiger charge is -2.22. The highest BCUT2D eigenvalue weighted by molar-refractivity contribution is 5.34. The van der Waals surface area contributed by atoms with Crippen LogP contribution < -0.4 is 15.4 Å². The van der Waals surface area contributed by atoms with Gasteiger partial charge in [0.2, 0.25) is 11.8 Å². The molecule has 0 aliphatic heterocycles. The summed E-state index contributed by atoms with van der Waals surface area (Å²) < 4.78 is 5.12. The lowest BCUT2D eigenvalue weighted by molar-refractivity contribution is 0.396. The van der Waals surface area contributed by atoms with Crippen molar-refractivity contribution in [1.29, 1.82) is 0 Å². The van der Waals surface area contributed by atoms with E-state index in [2.05, 4.69) is 22.1 Å². The van der Waals surface area contributed by atoms with Gasteiger partial charge in [-0.1, -0.05) is 30.3 Å². The molecule has 0 saturated carbocycles. The van der Waals surface area contributed by atoms with E-state index < -0.39 is 0 Å². The summed E-state index contributed by atoms with van der Waals surface area (Å²) in [6, 6.07) is 11.9. The molecule has 0 amide bonds. The maximum Gasteiger partial charge on any atom is 0.228 e. The summed E-state index contributed by atoms with van der Waals surface area (Å²) >= 11 is 0. The van der Waals surface area contributed by atoms with Crippen molar-refractivity contribution in [3.63, 3.8) is 0 Å². The Bertz CT molecular complexity index is 504. The number of rotatable bonds is 6. The van der Waals surface area contributed by atoms with E-state index in [1.165, 1.54) is 5.56 Å². The van der Waals surface area contributed by atoms with E-state index in [0.717, 1.165) is 6.54 Å². The highest BCUT2D eigenvalue weighted by Crippen LogP contribution is 2.14. The van der Waals surface area contributed by atoms with Crippen molar-refractivity contribution < 1.29 is 4.74 Å². The van der Waals surface area contributed by atoms with Gasteiger partial charge in [0, 0.05) is 31.9 Å². The molecule has 2 aromatic rings. The van der Waals surface area contributed by atoms with Crippen molar-refractivity contribution in [3.8, 4) is 5.88 Å². The number of hydrogen-bond acceptors (Lipinski definition) is 5. The Kier molecular flexibility index (Phi) is 4.69. The third kappa shape index (κ3) is 3.66. The fourth-order valence-corrected chi connectivity index (χ4v) is 1.81. The summed E-state index contributed by atoms with van der Waals surface area (Å²) in [4.78, 5) is 10.7. The van der Waals surface area contributed by atoms with E-state index in [4.69, 9.17) is 10.5 Å². The number of benzene rings is 1. The number of anilines is 1. The molecule has 2 N–H and O–H groups in total. The molecule has 0 aliphatic rings. The van der Waals surface area contributed by atoms with Gasteiger partial charge in [0.1, 0.15) is 0 Å². The van der Waals surface area contributed by atoms with E-state index in [1.807, 2.05) is 23.1 Å². The van der Waals surface area contributed by atoms with Crippen LogP contribution >= 0.6 is 0 Å². The van der Waals surface area contributed by atoms with Crippen LogP contribution in [0.5, 0.6) is 5.88 Å². The van der Waals surface area contributed by atoms with Gasteiger partial charge >= 0.3 is 0 Å². The van der Waals surface area contributed by atoms with Gasteiger partial charge in [-0.15, -0.1) is 0 Å². The van der Waals surface area contributed by atoms with Crippen LogP contribution in [0, 0.1) is 0 Å². The first-order chi connectivity index (χ1) is 9.33. The summed E-state index contributed by atoms with van der Waals surface area (Å²) in [6.45, 7) is 1.97. The first kappa shape index (κ1) is 13.3. The minimum Gasteiger partial charge on any atom is -0.481 e. The van der Waals surface area contributed by atoms with Gasteiger partial charge in [0.15, 0.2) is 0 Å². The van der Waals surface area contributed by atoms with Crippen molar-refractivity contribution >= 4 is 5.95 Å². The fraction of sp³-hybridized carbons (Fsp3) is 0.286. The van der Waals surface area contributed by atoms with Crippen molar-refractivity contribution in [2.75, 3.05) is 25.1 Å². The second kappa shape index (κ2) is 6.70. The average Bonchev–Trinajstić information content (AvgIpc) is 2.48. The highest BCUT2D eigenvalue weighted by atomic mass is 16.5. The molecule has 19 heavy (non-hydrogen) atoms. The molecule has 0 bridgehead atoms. The molecule has 5 heteroatoms. The maximum absolute atomic E-state index is 5.66. The van der Waals surface area contributed by atoms with Crippen LogP contribution in [0.3, 0.4) is 0 Å². The van der Waals surface area contributed by atoms with E-state index >= 15 is 0 Å². The summed E-state index contributed by atoms with van der Waals surface area (Å²) in [7, 11) is 1.59. The number of nitrogens with two attached hydrogens (primary N) is 1. The minimum atomic E-state index is 0.549. The normalized spacial score (nSPS) is 10.2. The smallest absolute Gasteiger partial charge is 0.228 e. The van der Waals surface area contributed by atoms with Crippen molar-refractivity contribution in [3.05, 3.63) is 48.2 Å². The Hall–Kier alpha value is -2.14. The third-order valence-corrected chi connectivity index (χ3v) is 2.72. The van der Waals surface area contributed by atoms with Crippen molar-refractivity contribution in [1.82, 2.24) is 9.97 Å². The Morgan fingerprint density at radius 1 is 1.21 bits per heavy atom. The molecule has 1 heterocycles. The van der Waals surface area contributed by atoms with Gasteiger partial charge in [-0.2, -0.15) is 4.98 Å². The Balaban J connectivity index is 2.19. The Labute approximate surface area is 113 Å². The largest absolute Gasteiger partial charge is 0.481 e. The average molecular weight is 258 g/mol. The molecule has 1 aromatic carbocycles. The van der Waals surface area contributed by atoms with Crippen LogP contribution in [0.4, 0.5) is 5.95 Å². The third-order valence-electron chi connectivity index (χ3n) is 2.72. The van der Waals surface area contributed by atoms with E-state index in [-0.39, 0.29) is 0 Å². The highest BCUT2D eigenvalue weighted by Gasteiger charge is 2.10. The summed E-state index contributed by atoms with van der Waals surface area (Å²) in [5, 5.41) is 0. The Morgan fingerprint density at radius 2 is 2.00 bits per heavy atom. The van der Waals surface area contributed by atoms with Gasteiger partial charge in [-0.25, -0.2) is 4.98 Å². The monoisotopic (exact) mass is 258 g/mol. The summed E-state index contributed by atoms with van der Waals surface area (Å²) in [5.41, 5.74) is 6.86. The standard InChI is InChI=1S/C14H18N4O/c1-19-13-7-9-16-14(17-13)18(10-8-15)11-12-5-3-2-4-6-12/h2-7,9H,8,10-11,15H2,1H3. The zero-order chi connectivity index (χ0) is 13.5. The molecule has 0 radical (unpaired) electrons. The summed E-state index contributed by atoms with van der Waals surface area (Å²) in [6.07, 6.45) is 1.69. The second-order valence-corrected chi connectivity index (χ2v) is 4.09. The quantitative estimate of drug-likeness (QED) is 0.849. The van der Waals surface area contributed by atoms with Gasteiger partial charge in [-0.05, 0) is 5.56 Å². The zero-order valence-corrected chi connectivity index (χ0v) is 11.0. The van der Waals surface area contributed by atoms with Gasteiger partial charge < -0.3 is 15.4 Å². The number of hydrogen-bond donors (Lipinski definition) is 1. The number of methoxy groups -OCH3 is 1. The molecule has 0 saturated heterocycles. The molecule has 1 aromatic heterocycles. The topological polar surface area (TPSA) is 64.3 Å². The molecule has 0 unspecified atom stereocenters. The van der Waals surface area contributed by atoms with Crippen LogP contribution in [-0.4, -0.2) is 30.2 Å². The van der Waals surface area contributed by atoms with Crippen molar-refractivity contribution in [2.45, 2.75) is 6.54 Å². The second-order valence-electron chi connectivity index (χ2n) is 4.09.